The monoisotopic (exact) mass is 189 g/mol. The second-order valence-corrected chi connectivity index (χ2v) is 3.24. The van der Waals surface area contributed by atoms with Crippen LogP contribution in [0.4, 0.5) is 0 Å². The largest absolute Gasteiger partial charge is 0.494 e. The van der Waals surface area contributed by atoms with Crippen LogP contribution in [0.5, 0.6) is 5.88 Å². The van der Waals surface area contributed by atoms with Crippen LogP contribution in [0.2, 0.25) is 0 Å². The van der Waals surface area contributed by atoms with Crippen LogP contribution >= 0.6 is 0 Å². The van der Waals surface area contributed by atoms with Gasteiger partial charge in [0.1, 0.15) is 0 Å². The fourth-order valence-corrected chi connectivity index (χ4v) is 1.58. The molecule has 3 heteroatoms. The van der Waals surface area contributed by atoms with Crippen molar-refractivity contribution >= 4 is 17.2 Å². The van der Waals surface area contributed by atoms with E-state index in [-0.39, 0.29) is 5.88 Å². The Balaban J connectivity index is 2.77. The molecule has 0 aliphatic rings. The van der Waals surface area contributed by atoms with Gasteiger partial charge < -0.3 is 10.1 Å². The highest BCUT2D eigenvalue weighted by Gasteiger charge is 2.09. The third-order valence-corrected chi connectivity index (χ3v) is 2.41. The zero-order valence-electron chi connectivity index (χ0n) is 7.87. The first-order valence-corrected chi connectivity index (χ1v) is 4.55. The minimum Gasteiger partial charge on any atom is -0.494 e. The van der Waals surface area contributed by atoms with Crippen LogP contribution in [0.3, 0.4) is 0 Å². The van der Waals surface area contributed by atoms with Crippen LogP contribution < -0.4 is 0 Å². The highest BCUT2D eigenvalue weighted by Crippen LogP contribution is 2.26. The van der Waals surface area contributed by atoms with Crippen molar-refractivity contribution in [3.8, 4) is 5.88 Å². The first-order chi connectivity index (χ1) is 6.76. The van der Waals surface area contributed by atoms with Gasteiger partial charge in [0, 0.05) is 10.9 Å². The minimum absolute atomic E-state index is 0.0525. The molecule has 0 bridgehead atoms. The van der Waals surface area contributed by atoms with Crippen molar-refractivity contribution in [1.29, 1.82) is 0 Å². The summed E-state index contributed by atoms with van der Waals surface area (Å²) in [6.07, 6.45) is 1.59. The van der Waals surface area contributed by atoms with Gasteiger partial charge >= 0.3 is 0 Å². The maximum atomic E-state index is 10.7. The molecule has 0 unspecified atom stereocenters. The SMILES string of the molecule is CCc1ccc2[nH]c(O)c(C=O)c2c1. The van der Waals surface area contributed by atoms with E-state index in [2.05, 4.69) is 4.98 Å². The average molecular weight is 189 g/mol. The third-order valence-electron chi connectivity index (χ3n) is 2.41. The number of H-pyrrole nitrogens is 1. The van der Waals surface area contributed by atoms with E-state index in [4.69, 9.17) is 0 Å². The Bertz CT molecular complexity index is 485. The number of hydrogen-bond acceptors (Lipinski definition) is 2. The first-order valence-electron chi connectivity index (χ1n) is 4.55. The Morgan fingerprint density at radius 3 is 2.93 bits per heavy atom. The molecular weight excluding hydrogens is 178 g/mol. The van der Waals surface area contributed by atoms with Gasteiger partial charge in [0.25, 0.3) is 0 Å². The maximum Gasteiger partial charge on any atom is 0.200 e. The quantitative estimate of drug-likeness (QED) is 0.712. The average Bonchev–Trinajstić information content (AvgIpc) is 2.52. The molecule has 0 aliphatic carbocycles. The van der Waals surface area contributed by atoms with Gasteiger partial charge in [0.15, 0.2) is 12.2 Å². The molecule has 2 aromatic rings. The Hall–Kier alpha value is -1.77. The smallest absolute Gasteiger partial charge is 0.200 e. The number of aldehydes is 1. The molecule has 0 atom stereocenters. The molecular formula is C11H11NO2. The predicted octanol–water partition coefficient (Wildman–Crippen LogP) is 2.25. The van der Waals surface area contributed by atoms with E-state index in [0.29, 0.717) is 11.8 Å². The summed E-state index contributed by atoms with van der Waals surface area (Å²) in [6, 6.07) is 5.78. The first kappa shape index (κ1) is 8.81. The molecule has 1 aromatic heterocycles. The number of aromatic amines is 1. The fraction of sp³-hybridized carbons (Fsp3) is 0.182. The number of rotatable bonds is 2. The summed E-state index contributed by atoms with van der Waals surface area (Å²) in [4.78, 5) is 13.5. The van der Waals surface area contributed by atoms with Crippen molar-refractivity contribution in [3.63, 3.8) is 0 Å². The van der Waals surface area contributed by atoms with E-state index >= 15 is 0 Å². The molecule has 0 spiro atoms. The number of nitrogens with one attached hydrogen (secondary N) is 1. The summed E-state index contributed by atoms with van der Waals surface area (Å²) in [6.45, 7) is 2.05. The molecule has 72 valence electrons. The number of hydrogen-bond donors (Lipinski definition) is 2. The van der Waals surface area contributed by atoms with Gasteiger partial charge in [0.2, 0.25) is 0 Å². The van der Waals surface area contributed by atoms with Gasteiger partial charge in [-0.1, -0.05) is 13.0 Å². The maximum absolute atomic E-state index is 10.7. The molecule has 0 saturated carbocycles. The Labute approximate surface area is 81.4 Å². The zero-order valence-corrected chi connectivity index (χ0v) is 7.87. The van der Waals surface area contributed by atoms with Crippen LogP contribution in [0.1, 0.15) is 22.8 Å². The number of carbonyl (C=O) groups is 1. The fourth-order valence-electron chi connectivity index (χ4n) is 1.58. The van der Waals surface area contributed by atoms with Crippen molar-refractivity contribution in [1.82, 2.24) is 4.98 Å². The molecule has 0 aliphatic heterocycles. The lowest BCUT2D eigenvalue weighted by Gasteiger charge is -1.96. The Morgan fingerprint density at radius 2 is 2.29 bits per heavy atom. The lowest BCUT2D eigenvalue weighted by Crippen LogP contribution is -1.80. The lowest BCUT2D eigenvalue weighted by atomic mass is 10.1. The molecule has 2 rings (SSSR count). The number of aromatic nitrogens is 1. The van der Waals surface area contributed by atoms with Crippen molar-refractivity contribution in [3.05, 3.63) is 29.3 Å². The van der Waals surface area contributed by atoms with E-state index < -0.39 is 0 Å². The number of benzene rings is 1. The normalized spacial score (nSPS) is 10.6. The molecule has 1 aromatic carbocycles. The number of carbonyl (C=O) groups excluding carboxylic acids is 1. The van der Waals surface area contributed by atoms with Crippen LogP contribution in [-0.2, 0) is 6.42 Å². The van der Waals surface area contributed by atoms with Crippen LogP contribution in [0.15, 0.2) is 18.2 Å². The molecule has 1 heterocycles. The summed E-state index contributed by atoms with van der Waals surface area (Å²) in [5.41, 5.74) is 2.29. The molecule has 0 amide bonds. The van der Waals surface area contributed by atoms with E-state index in [1.54, 1.807) is 0 Å². The second kappa shape index (κ2) is 3.18. The number of aryl methyl sites for hydroxylation is 1. The molecule has 2 N–H and O–H groups in total. The number of fused-ring (bicyclic) bond motifs is 1. The minimum atomic E-state index is -0.0525. The zero-order chi connectivity index (χ0) is 10.1. The summed E-state index contributed by atoms with van der Waals surface area (Å²) < 4.78 is 0. The van der Waals surface area contributed by atoms with Crippen LogP contribution in [0.25, 0.3) is 10.9 Å². The Kier molecular flexibility index (Phi) is 2.00. The molecule has 3 nitrogen and oxygen atoms in total. The highest BCUT2D eigenvalue weighted by molar-refractivity contribution is 6.00. The summed E-state index contributed by atoms with van der Waals surface area (Å²) >= 11 is 0. The van der Waals surface area contributed by atoms with E-state index in [1.165, 1.54) is 0 Å². The van der Waals surface area contributed by atoms with E-state index in [0.717, 1.165) is 22.9 Å². The predicted molar refractivity (Wildman–Crippen MR) is 54.7 cm³/mol. The van der Waals surface area contributed by atoms with Gasteiger partial charge in [0.05, 0.1) is 5.56 Å². The van der Waals surface area contributed by atoms with Gasteiger partial charge in [-0.15, -0.1) is 0 Å². The van der Waals surface area contributed by atoms with Crippen molar-refractivity contribution in [2.24, 2.45) is 0 Å². The van der Waals surface area contributed by atoms with E-state index in [9.17, 15) is 9.90 Å². The van der Waals surface area contributed by atoms with Gasteiger partial charge in [-0.3, -0.25) is 4.79 Å². The van der Waals surface area contributed by atoms with Crippen LogP contribution in [-0.4, -0.2) is 16.4 Å². The molecule has 0 fully saturated rings. The standard InChI is InChI=1S/C11H11NO2/c1-2-7-3-4-10-8(5-7)9(6-13)11(14)12-10/h3-6,12,14H,2H2,1H3. The second-order valence-electron chi connectivity index (χ2n) is 3.24. The van der Waals surface area contributed by atoms with Crippen molar-refractivity contribution in [2.75, 3.05) is 0 Å². The van der Waals surface area contributed by atoms with Gasteiger partial charge in [-0.2, -0.15) is 0 Å². The molecule has 0 saturated heterocycles. The molecule has 14 heavy (non-hydrogen) atoms. The topological polar surface area (TPSA) is 53.1 Å². The summed E-state index contributed by atoms with van der Waals surface area (Å²) in [5, 5.41) is 10.2. The summed E-state index contributed by atoms with van der Waals surface area (Å²) in [5.74, 6) is -0.0525. The Morgan fingerprint density at radius 1 is 1.50 bits per heavy atom. The van der Waals surface area contributed by atoms with Crippen molar-refractivity contribution < 1.29 is 9.90 Å². The number of aromatic hydroxyl groups is 1. The summed E-state index contributed by atoms with van der Waals surface area (Å²) in [7, 11) is 0. The lowest BCUT2D eigenvalue weighted by molar-refractivity contribution is 0.112. The van der Waals surface area contributed by atoms with Crippen molar-refractivity contribution in [2.45, 2.75) is 13.3 Å². The highest BCUT2D eigenvalue weighted by atomic mass is 16.3. The van der Waals surface area contributed by atoms with E-state index in [1.807, 2.05) is 25.1 Å². The third kappa shape index (κ3) is 1.18. The van der Waals surface area contributed by atoms with Gasteiger partial charge in [-0.25, -0.2) is 0 Å². The van der Waals surface area contributed by atoms with Gasteiger partial charge in [-0.05, 0) is 24.1 Å². The molecule has 0 radical (unpaired) electrons. The van der Waals surface area contributed by atoms with Crippen LogP contribution in [0, 0.1) is 0 Å².